The molecule has 7 heteroatoms. The largest absolute Gasteiger partial charge is 0.481 e. The van der Waals surface area contributed by atoms with Crippen LogP contribution in [0.2, 0.25) is 0 Å². The fraction of sp³-hybridized carbons (Fsp3) is 0.294. The lowest BCUT2D eigenvalue weighted by Gasteiger charge is -2.08. The number of ether oxygens (including phenoxy) is 1. The second-order valence-corrected chi connectivity index (χ2v) is 5.15. The van der Waals surface area contributed by atoms with Crippen molar-refractivity contribution in [3.05, 3.63) is 53.5 Å². The summed E-state index contributed by atoms with van der Waals surface area (Å²) in [6.07, 6.45) is 6.25. The molecular weight excluding hydrogens is 308 g/mol. The summed E-state index contributed by atoms with van der Waals surface area (Å²) in [6, 6.07) is 6.50. The van der Waals surface area contributed by atoms with Crippen LogP contribution in [0, 0.1) is 0 Å². The number of pyridine rings is 2. The van der Waals surface area contributed by atoms with E-state index >= 15 is 0 Å². The molecule has 0 spiro atoms. The molecule has 2 amide bonds. The zero-order valence-electron chi connectivity index (χ0n) is 13.7. The molecule has 0 unspecified atom stereocenters. The predicted octanol–water partition coefficient (Wildman–Crippen LogP) is 1.90. The number of nitrogens with one attached hydrogen (secondary N) is 2. The van der Waals surface area contributed by atoms with Crippen molar-refractivity contribution in [3.8, 4) is 5.88 Å². The highest BCUT2D eigenvalue weighted by Gasteiger charge is 2.11. The maximum atomic E-state index is 12.0. The Hall–Kier alpha value is -2.96. The summed E-state index contributed by atoms with van der Waals surface area (Å²) in [7, 11) is 1.46. The number of rotatable bonds is 6. The van der Waals surface area contributed by atoms with E-state index in [1.54, 1.807) is 12.3 Å². The van der Waals surface area contributed by atoms with E-state index in [0.717, 1.165) is 24.8 Å². The average Bonchev–Trinajstić information content (AvgIpc) is 2.64. The van der Waals surface area contributed by atoms with Crippen molar-refractivity contribution in [2.24, 2.45) is 0 Å². The molecule has 0 aliphatic carbocycles. The van der Waals surface area contributed by atoms with Crippen LogP contribution in [-0.2, 0) is 6.42 Å². The molecule has 0 fully saturated rings. The third-order valence-electron chi connectivity index (χ3n) is 3.37. The first-order chi connectivity index (χ1) is 11.6. The first-order valence-corrected chi connectivity index (χ1v) is 7.69. The number of methoxy groups -OCH3 is 1. The Morgan fingerprint density at radius 2 is 1.92 bits per heavy atom. The summed E-state index contributed by atoms with van der Waals surface area (Å²) < 4.78 is 4.95. The van der Waals surface area contributed by atoms with E-state index < -0.39 is 11.8 Å². The van der Waals surface area contributed by atoms with Gasteiger partial charge in [-0.3, -0.25) is 25.4 Å². The van der Waals surface area contributed by atoms with Gasteiger partial charge < -0.3 is 4.74 Å². The quantitative estimate of drug-likeness (QED) is 0.790. The summed E-state index contributed by atoms with van der Waals surface area (Å²) >= 11 is 0. The fourth-order valence-electron chi connectivity index (χ4n) is 2.00. The summed E-state index contributed by atoms with van der Waals surface area (Å²) in [6.45, 7) is 2.12. The van der Waals surface area contributed by atoms with Crippen LogP contribution in [0.3, 0.4) is 0 Å². The monoisotopic (exact) mass is 328 g/mol. The van der Waals surface area contributed by atoms with Gasteiger partial charge in [-0.1, -0.05) is 19.4 Å². The highest BCUT2D eigenvalue weighted by molar-refractivity contribution is 5.98. The van der Waals surface area contributed by atoms with E-state index in [1.165, 1.54) is 25.4 Å². The zero-order chi connectivity index (χ0) is 17.4. The SMILES string of the molecule is CCCCc1ccc(C(=O)NNC(=O)c2ccnc(OC)c2)nc1. The number of carbonyl (C=O) groups excluding carboxylic acids is 2. The molecule has 0 saturated carbocycles. The van der Waals surface area contributed by atoms with Gasteiger partial charge >= 0.3 is 0 Å². The standard InChI is InChI=1S/C17H20N4O3/c1-3-4-5-12-6-7-14(19-11-12)17(23)21-20-16(22)13-8-9-18-15(10-13)24-2/h6-11H,3-5H2,1-2H3,(H,20,22)(H,21,23). The van der Waals surface area contributed by atoms with E-state index in [9.17, 15) is 9.59 Å². The molecule has 0 aromatic carbocycles. The van der Waals surface area contributed by atoms with E-state index in [1.807, 2.05) is 6.07 Å². The molecule has 0 aliphatic heterocycles. The molecule has 0 atom stereocenters. The molecule has 2 aromatic rings. The second kappa shape index (κ2) is 8.61. The molecule has 2 heterocycles. The second-order valence-electron chi connectivity index (χ2n) is 5.15. The highest BCUT2D eigenvalue weighted by atomic mass is 16.5. The van der Waals surface area contributed by atoms with Crippen LogP contribution < -0.4 is 15.6 Å². The Morgan fingerprint density at radius 3 is 2.58 bits per heavy atom. The maximum Gasteiger partial charge on any atom is 0.288 e. The van der Waals surface area contributed by atoms with Gasteiger partial charge in [0.05, 0.1) is 7.11 Å². The van der Waals surface area contributed by atoms with Crippen LogP contribution in [0.25, 0.3) is 0 Å². The van der Waals surface area contributed by atoms with Gasteiger partial charge in [0, 0.05) is 24.0 Å². The molecule has 0 radical (unpaired) electrons. The zero-order valence-corrected chi connectivity index (χ0v) is 13.7. The minimum atomic E-state index is -0.480. The normalized spacial score (nSPS) is 10.1. The van der Waals surface area contributed by atoms with Gasteiger partial charge in [0.15, 0.2) is 0 Å². The molecule has 2 rings (SSSR count). The molecule has 24 heavy (non-hydrogen) atoms. The Bertz CT molecular complexity index is 701. The van der Waals surface area contributed by atoms with E-state index in [0.29, 0.717) is 11.4 Å². The number of hydrogen-bond donors (Lipinski definition) is 2. The van der Waals surface area contributed by atoms with Crippen LogP contribution in [0.15, 0.2) is 36.7 Å². The Balaban J connectivity index is 1.91. The van der Waals surface area contributed by atoms with Gasteiger partial charge in [-0.2, -0.15) is 0 Å². The molecule has 126 valence electrons. The van der Waals surface area contributed by atoms with Crippen molar-refractivity contribution in [2.75, 3.05) is 7.11 Å². The van der Waals surface area contributed by atoms with Crippen molar-refractivity contribution >= 4 is 11.8 Å². The third-order valence-corrected chi connectivity index (χ3v) is 3.37. The average molecular weight is 328 g/mol. The lowest BCUT2D eigenvalue weighted by molar-refractivity contribution is 0.0843. The smallest absolute Gasteiger partial charge is 0.288 e. The lowest BCUT2D eigenvalue weighted by Crippen LogP contribution is -2.41. The first-order valence-electron chi connectivity index (χ1n) is 7.69. The van der Waals surface area contributed by atoms with Gasteiger partial charge in [-0.25, -0.2) is 4.98 Å². The molecular formula is C17H20N4O3. The van der Waals surface area contributed by atoms with Gasteiger partial charge in [-0.15, -0.1) is 0 Å². The summed E-state index contributed by atoms with van der Waals surface area (Å²) in [4.78, 5) is 32.0. The molecule has 0 aliphatic rings. The van der Waals surface area contributed by atoms with Gasteiger partial charge in [0.2, 0.25) is 5.88 Å². The van der Waals surface area contributed by atoms with Crippen LogP contribution >= 0.6 is 0 Å². The molecule has 0 saturated heterocycles. The molecule has 2 N–H and O–H groups in total. The topological polar surface area (TPSA) is 93.2 Å². The van der Waals surface area contributed by atoms with Crippen molar-refractivity contribution in [2.45, 2.75) is 26.2 Å². The lowest BCUT2D eigenvalue weighted by atomic mass is 10.1. The van der Waals surface area contributed by atoms with E-state index in [2.05, 4.69) is 27.7 Å². The van der Waals surface area contributed by atoms with Crippen LogP contribution in [0.5, 0.6) is 5.88 Å². The molecule has 7 nitrogen and oxygen atoms in total. The number of unbranched alkanes of at least 4 members (excludes halogenated alkanes) is 1. The fourth-order valence-corrected chi connectivity index (χ4v) is 2.00. The van der Waals surface area contributed by atoms with Gasteiger partial charge in [0.1, 0.15) is 5.69 Å². The Morgan fingerprint density at radius 1 is 1.12 bits per heavy atom. The number of hydrogen-bond acceptors (Lipinski definition) is 5. The van der Waals surface area contributed by atoms with Crippen molar-refractivity contribution < 1.29 is 14.3 Å². The summed E-state index contributed by atoms with van der Waals surface area (Å²) in [5.74, 6) is -0.631. The maximum absolute atomic E-state index is 12.0. The van der Waals surface area contributed by atoms with Crippen molar-refractivity contribution in [1.82, 2.24) is 20.8 Å². The Kier molecular flexibility index (Phi) is 6.24. The van der Waals surface area contributed by atoms with E-state index in [-0.39, 0.29) is 5.69 Å². The first kappa shape index (κ1) is 17.4. The van der Waals surface area contributed by atoms with Crippen LogP contribution in [-0.4, -0.2) is 28.9 Å². The molecule has 2 aromatic heterocycles. The van der Waals surface area contributed by atoms with E-state index in [4.69, 9.17) is 4.74 Å². The third kappa shape index (κ3) is 4.77. The number of amides is 2. The summed E-state index contributed by atoms with van der Waals surface area (Å²) in [5.41, 5.74) is 6.32. The Labute approximate surface area is 140 Å². The van der Waals surface area contributed by atoms with Crippen molar-refractivity contribution in [3.63, 3.8) is 0 Å². The van der Waals surface area contributed by atoms with Crippen LogP contribution in [0.4, 0.5) is 0 Å². The predicted molar refractivity (Wildman–Crippen MR) is 88.6 cm³/mol. The number of hydrazine groups is 1. The van der Waals surface area contributed by atoms with Crippen LogP contribution in [0.1, 0.15) is 46.2 Å². The minimum absolute atomic E-state index is 0.239. The molecule has 0 bridgehead atoms. The number of carbonyl (C=O) groups is 2. The number of aromatic nitrogens is 2. The highest BCUT2D eigenvalue weighted by Crippen LogP contribution is 2.08. The van der Waals surface area contributed by atoms with Gasteiger partial charge in [0.25, 0.3) is 11.8 Å². The summed E-state index contributed by atoms with van der Waals surface area (Å²) in [5, 5.41) is 0. The number of aryl methyl sites for hydroxylation is 1. The van der Waals surface area contributed by atoms with Crippen molar-refractivity contribution in [1.29, 1.82) is 0 Å². The minimum Gasteiger partial charge on any atom is -0.481 e. The number of nitrogens with zero attached hydrogens (tertiary/aromatic N) is 2. The van der Waals surface area contributed by atoms with Gasteiger partial charge in [-0.05, 0) is 30.5 Å².